The van der Waals surface area contributed by atoms with Crippen LogP contribution in [0.25, 0.3) is 0 Å². The first-order valence-corrected chi connectivity index (χ1v) is 7.27. The van der Waals surface area contributed by atoms with Crippen LogP contribution in [-0.4, -0.2) is 51.9 Å². The summed E-state index contributed by atoms with van der Waals surface area (Å²) in [5.41, 5.74) is 0. The third-order valence-corrected chi connectivity index (χ3v) is 4.34. The van der Waals surface area contributed by atoms with Crippen LogP contribution in [0.3, 0.4) is 0 Å². The number of H-pyrrole nitrogens is 1. The number of aromatic nitrogens is 3. The Balaban J connectivity index is 1.81. The molecule has 1 atom stereocenters. The minimum absolute atomic E-state index is 0.585. The molecular formula is C12H21N5S. The molecule has 0 aromatic carbocycles. The van der Waals surface area contributed by atoms with E-state index in [1.54, 1.807) is 0 Å². The number of rotatable bonds is 3. The van der Waals surface area contributed by atoms with Crippen molar-refractivity contribution in [3.05, 3.63) is 4.77 Å². The predicted octanol–water partition coefficient (Wildman–Crippen LogP) is 1.81. The molecule has 0 bridgehead atoms. The Bertz CT molecular complexity index is 475. The molecule has 2 fully saturated rings. The van der Waals surface area contributed by atoms with E-state index in [9.17, 15) is 0 Å². The van der Waals surface area contributed by atoms with Crippen LogP contribution in [0.4, 0.5) is 5.95 Å². The lowest BCUT2D eigenvalue weighted by atomic mass is 10.2. The second-order valence-corrected chi connectivity index (χ2v) is 5.74. The van der Waals surface area contributed by atoms with Gasteiger partial charge >= 0.3 is 0 Å². The fourth-order valence-electron chi connectivity index (χ4n) is 2.83. The molecule has 3 rings (SSSR count). The molecule has 18 heavy (non-hydrogen) atoms. The first-order valence-electron chi connectivity index (χ1n) is 6.86. The van der Waals surface area contributed by atoms with Gasteiger partial charge in [-0.1, -0.05) is 6.92 Å². The zero-order valence-corrected chi connectivity index (χ0v) is 11.9. The van der Waals surface area contributed by atoms with Crippen LogP contribution in [-0.2, 0) is 0 Å². The molecule has 1 saturated heterocycles. The van der Waals surface area contributed by atoms with Crippen molar-refractivity contribution in [1.29, 1.82) is 0 Å². The van der Waals surface area contributed by atoms with Crippen molar-refractivity contribution >= 4 is 18.2 Å². The van der Waals surface area contributed by atoms with Crippen LogP contribution in [0.2, 0.25) is 0 Å². The summed E-state index contributed by atoms with van der Waals surface area (Å²) in [4.78, 5) is 4.89. The van der Waals surface area contributed by atoms with E-state index >= 15 is 0 Å². The SMILES string of the molecule is CCN1CCN(c2n[nH]c(=S)n2C2CC2)CC1C. The molecule has 1 aromatic heterocycles. The first kappa shape index (κ1) is 12.2. The van der Waals surface area contributed by atoms with E-state index in [4.69, 9.17) is 12.2 Å². The standard InChI is InChI=1S/C12H21N5S/c1-3-15-6-7-16(8-9(15)2)11-13-14-12(18)17(11)10-4-5-10/h9-10H,3-8H2,1-2H3,(H,14,18). The maximum absolute atomic E-state index is 5.34. The smallest absolute Gasteiger partial charge is 0.226 e. The number of anilines is 1. The van der Waals surface area contributed by atoms with Gasteiger partial charge in [-0.2, -0.15) is 0 Å². The van der Waals surface area contributed by atoms with E-state index in [0.29, 0.717) is 12.1 Å². The van der Waals surface area contributed by atoms with Crippen molar-refractivity contribution < 1.29 is 0 Å². The van der Waals surface area contributed by atoms with Crippen molar-refractivity contribution in [3.8, 4) is 0 Å². The number of aromatic amines is 1. The fourth-order valence-corrected chi connectivity index (χ4v) is 3.10. The van der Waals surface area contributed by atoms with E-state index in [0.717, 1.165) is 36.9 Å². The van der Waals surface area contributed by atoms with Gasteiger partial charge in [-0.3, -0.25) is 9.47 Å². The average Bonchev–Trinajstić information content (AvgIpc) is 3.12. The van der Waals surface area contributed by atoms with Gasteiger partial charge in [0.05, 0.1) is 0 Å². The number of nitrogens with zero attached hydrogens (tertiary/aromatic N) is 4. The Hall–Kier alpha value is -0.880. The summed E-state index contributed by atoms with van der Waals surface area (Å²) in [6, 6.07) is 1.17. The van der Waals surface area contributed by atoms with Crippen LogP contribution in [0, 0.1) is 4.77 Å². The third-order valence-electron chi connectivity index (χ3n) is 4.05. The molecule has 6 heteroatoms. The summed E-state index contributed by atoms with van der Waals surface area (Å²) in [6.07, 6.45) is 2.48. The molecule has 0 amide bonds. The highest BCUT2D eigenvalue weighted by Crippen LogP contribution is 2.38. The molecule has 1 aliphatic heterocycles. The molecule has 1 aromatic rings. The highest BCUT2D eigenvalue weighted by atomic mass is 32.1. The lowest BCUT2D eigenvalue weighted by Gasteiger charge is -2.39. The van der Waals surface area contributed by atoms with Gasteiger partial charge in [0.1, 0.15) is 0 Å². The van der Waals surface area contributed by atoms with Gasteiger partial charge < -0.3 is 4.90 Å². The molecule has 1 aliphatic carbocycles. The minimum Gasteiger partial charge on any atom is -0.338 e. The van der Waals surface area contributed by atoms with E-state index in [2.05, 4.69) is 38.4 Å². The van der Waals surface area contributed by atoms with Gasteiger partial charge in [-0.15, -0.1) is 5.10 Å². The highest BCUT2D eigenvalue weighted by Gasteiger charge is 2.31. The van der Waals surface area contributed by atoms with E-state index in [-0.39, 0.29) is 0 Å². The van der Waals surface area contributed by atoms with E-state index in [1.807, 2.05) is 0 Å². The molecule has 2 aliphatic rings. The summed E-state index contributed by atoms with van der Waals surface area (Å²) in [5.74, 6) is 1.05. The topological polar surface area (TPSA) is 40.1 Å². The van der Waals surface area contributed by atoms with E-state index in [1.165, 1.54) is 12.8 Å². The summed E-state index contributed by atoms with van der Waals surface area (Å²) in [6.45, 7) is 8.85. The zero-order chi connectivity index (χ0) is 12.7. The summed E-state index contributed by atoms with van der Waals surface area (Å²) < 4.78 is 2.99. The maximum atomic E-state index is 5.34. The van der Waals surface area contributed by atoms with Gasteiger partial charge in [0, 0.05) is 31.7 Å². The summed E-state index contributed by atoms with van der Waals surface area (Å²) >= 11 is 5.34. The Morgan fingerprint density at radius 1 is 1.39 bits per heavy atom. The van der Waals surface area contributed by atoms with Crippen LogP contribution in [0.5, 0.6) is 0 Å². The number of hydrogen-bond acceptors (Lipinski definition) is 4. The van der Waals surface area contributed by atoms with Gasteiger partial charge in [-0.25, -0.2) is 5.10 Å². The van der Waals surface area contributed by atoms with Crippen molar-refractivity contribution in [3.63, 3.8) is 0 Å². The number of piperazine rings is 1. The molecule has 100 valence electrons. The van der Waals surface area contributed by atoms with Gasteiger partial charge in [0.15, 0.2) is 4.77 Å². The molecule has 0 radical (unpaired) electrons. The molecule has 0 spiro atoms. The normalized spacial score (nSPS) is 25.7. The average molecular weight is 267 g/mol. The quantitative estimate of drug-likeness (QED) is 0.848. The number of hydrogen-bond donors (Lipinski definition) is 1. The molecular weight excluding hydrogens is 246 g/mol. The van der Waals surface area contributed by atoms with Crippen molar-refractivity contribution in [2.45, 2.75) is 38.8 Å². The second-order valence-electron chi connectivity index (χ2n) is 5.35. The van der Waals surface area contributed by atoms with Crippen LogP contribution in [0.1, 0.15) is 32.7 Å². The molecule has 1 saturated carbocycles. The van der Waals surface area contributed by atoms with Crippen LogP contribution < -0.4 is 4.90 Å². The molecule has 2 heterocycles. The summed E-state index contributed by atoms with van der Waals surface area (Å²) in [7, 11) is 0. The maximum Gasteiger partial charge on any atom is 0.226 e. The minimum atomic E-state index is 0.585. The van der Waals surface area contributed by atoms with Gasteiger partial charge in [0.2, 0.25) is 5.95 Å². The van der Waals surface area contributed by atoms with Gasteiger partial charge in [0.25, 0.3) is 0 Å². The van der Waals surface area contributed by atoms with Crippen LogP contribution in [0.15, 0.2) is 0 Å². The second kappa shape index (κ2) is 4.66. The van der Waals surface area contributed by atoms with E-state index < -0.39 is 0 Å². The first-order chi connectivity index (χ1) is 8.70. The largest absolute Gasteiger partial charge is 0.338 e. The number of likely N-dealkylation sites (N-methyl/N-ethyl adjacent to an activating group) is 1. The third kappa shape index (κ3) is 2.07. The summed E-state index contributed by atoms with van der Waals surface area (Å²) in [5, 5.41) is 7.40. The Kier molecular flexibility index (Phi) is 3.15. The molecule has 5 nitrogen and oxygen atoms in total. The van der Waals surface area contributed by atoms with Crippen molar-refractivity contribution in [2.24, 2.45) is 0 Å². The van der Waals surface area contributed by atoms with Crippen molar-refractivity contribution in [2.75, 3.05) is 31.1 Å². The van der Waals surface area contributed by atoms with Crippen molar-refractivity contribution in [1.82, 2.24) is 19.7 Å². The predicted molar refractivity (Wildman–Crippen MR) is 74.6 cm³/mol. The monoisotopic (exact) mass is 267 g/mol. The zero-order valence-electron chi connectivity index (χ0n) is 11.1. The Morgan fingerprint density at radius 2 is 2.17 bits per heavy atom. The highest BCUT2D eigenvalue weighted by molar-refractivity contribution is 7.71. The number of nitrogens with one attached hydrogen (secondary N) is 1. The molecule has 1 N–H and O–H groups in total. The Morgan fingerprint density at radius 3 is 2.78 bits per heavy atom. The lowest BCUT2D eigenvalue weighted by molar-refractivity contribution is 0.198. The Labute approximate surface area is 113 Å². The van der Waals surface area contributed by atoms with Gasteiger partial charge in [-0.05, 0) is 38.5 Å². The molecule has 1 unspecified atom stereocenters. The van der Waals surface area contributed by atoms with Crippen LogP contribution >= 0.6 is 12.2 Å². The fraction of sp³-hybridized carbons (Fsp3) is 0.833. The lowest BCUT2D eigenvalue weighted by Crippen LogP contribution is -2.52.